The Morgan fingerprint density at radius 3 is 3.06 bits per heavy atom. The molecule has 3 nitrogen and oxygen atoms in total. The molecule has 0 unspecified atom stereocenters. The SMILES string of the molecule is CCC(=O)N1CCC[C@H](c2cccc(N)c2)C1. The van der Waals surface area contributed by atoms with Gasteiger partial charge in [0.05, 0.1) is 0 Å². The maximum Gasteiger partial charge on any atom is 0.222 e. The van der Waals surface area contributed by atoms with E-state index < -0.39 is 0 Å². The van der Waals surface area contributed by atoms with Gasteiger partial charge in [0.2, 0.25) is 5.91 Å². The highest BCUT2D eigenvalue weighted by Gasteiger charge is 2.23. The number of hydrogen-bond acceptors (Lipinski definition) is 2. The third-order valence-electron chi connectivity index (χ3n) is 3.46. The summed E-state index contributed by atoms with van der Waals surface area (Å²) >= 11 is 0. The Bertz CT molecular complexity index is 403. The molecule has 3 heteroatoms. The van der Waals surface area contributed by atoms with Crippen molar-refractivity contribution in [3.8, 4) is 0 Å². The molecule has 1 saturated heterocycles. The van der Waals surface area contributed by atoms with E-state index in [0.717, 1.165) is 31.6 Å². The van der Waals surface area contributed by atoms with Crippen LogP contribution < -0.4 is 5.73 Å². The summed E-state index contributed by atoms with van der Waals surface area (Å²) in [6.07, 6.45) is 2.84. The van der Waals surface area contributed by atoms with Gasteiger partial charge < -0.3 is 10.6 Å². The maximum atomic E-state index is 11.7. The zero-order valence-electron chi connectivity index (χ0n) is 10.4. The molecule has 17 heavy (non-hydrogen) atoms. The van der Waals surface area contributed by atoms with Crippen LogP contribution in [0.4, 0.5) is 5.69 Å². The van der Waals surface area contributed by atoms with Crippen LogP contribution in [-0.2, 0) is 4.79 Å². The predicted molar refractivity (Wildman–Crippen MR) is 69.7 cm³/mol. The number of likely N-dealkylation sites (tertiary alicyclic amines) is 1. The molecular formula is C14H20N2O. The van der Waals surface area contributed by atoms with Crippen molar-refractivity contribution in [2.75, 3.05) is 18.8 Å². The van der Waals surface area contributed by atoms with Crippen LogP contribution in [0.2, 0.25) is 0 Å². The van der Waals surface area contributed by atoms with Crippen LogP contribution in [0.15, 0.2) is 24.3 Å². The van der Waals surface area contributed by atoms with Gasteiger partial charge in [0, 0.05) is 31.1 Å². The van der Waals surface area contributed by atoms with Gasteiger partial charge in [-0.1, -0.05) is 19.1 Å². The Hall–Kier alpha value is -1.51. The number of carbonyl (C=O) groups excluding carboxylic acids is 1. The molecule has 1 atom stereocenters. The van der Waals surface area contributed by atoms with E-state index in [9.17, 15) is 4.79 Å². The fraction of sp³-hybridized carbons (Fsp3) is 0.500. The Labute approximate surface area is 103 Å². The standard InChI is InChI=1S/C14H20N2O/c1-2-14(17)16-8-4-6-12(10-16)11-5-3-7-13(15)9-11/h3,5,7,9,12H,2,4,6,8,10,15H2,1H3/t12-/m0/s1. The second-order valence-electron chi connectivity index (χ2n) is 4.70. The zero-order chi connectivity index (χ0) is 12.3. The minimum absolute atomic E-state index is 0.263. The van der Waals surface area contributed by atoms with Gasteiger partial charge in [0.25, 0.3) is 0 Å². The van der Waals surface area contributed by atoms with E-state index in [2.05, 4.69) is 6.07 Å². The number of benzene rings is 1. The lowest BCUT2D eigenvalue weighted by atomic mass is 9.90. The van der Waals surface area contributed by atoms with Gasteiger partial charge in [-0.05, 0) is 30.5 Å². The van der Waals surface area contributed by atoms with Crippen molar-refractivity contribution in [2.45, 2.75) is 32.1 Å². The highest BCUT2D eigenvalue weighted by molar-refractivity contribution is 5.76. The molecule has 1 aromatic carbocycles. The molecule has 92 valence electrons. The van der Waals surface area contributed by atoms with E-state index in [1.807, 2.05) is 30.0 Å². The van der Waals surface area contributed by atoms with Crippen LogP contribution in [-0.4, -0.2) is 23.9 Å². The number of rotatable bonds is 2. The van der Waals surface area contributed by atoms with Crippen LogP contribution in [0.3, 0.4) is 0 Å². The van der Waals surface area contributed by atoms with Crippen molar-refractivity contribution in [2.24, 2.45) is 0 Å². The first-order valence-corrected chi connectivity index (χ1v) is 6.34. The number of piperidine rings is 1. The normalized spacial score (nSPS) is 20.3. The minimum Gasteiger partial charge on any atom is -0.399 e. The Balaban J connectivity index is 2.09. The monoisotopic (exact) mass is 232 g/mol. The number of nitrogens with two attached hydrogens (primary N) is 1. The van der Waals surface area contributed by atoms with Gasteiger partial charge in [0.15, 0.2) is 0 Å². The van der Waals surface area contributed by atoms with Gasteiger partial charge >= 0.3 is 0 Å². The van der Waals surface area contributed by atoms with Crippen LogP contribution in [0.25, 0.3) is 0 Å². The molecule has 1 aromatic rings. The second kappa shape index (κ2) is 5.21. The van der Waals surface area contributed by atoms with Gasteiger partial charge in [-0.3, -0.25) is 4.79 Å². The predicted octanol–water partition coefficient (Wildman–Crippen LogP) is 2.38. The third-order valence-corrected chi connectivity index (χ3v) is 3.46. The first kappa shape index (κ1) is 12.0. The molecule has 1 aliphatic rings. The molecule has 1 amide bonds. The van der Waals surface area contributed by atoms with Gasteiger partial charge in [-0.15, -0.1) is 0 Å². The lowest BCUT2D eigenvalue weighted by Crippen LogP contribution is -2.38. The summed E-state index contributed by atoms with van der Waals surface area (Å²) in [7, 11) is 0. The van der Waals surface area contributed by atoms with Crippen LogP contribution in [0, 0.1) is 0 Å². The quantitative estimate of drug-likeness (QED) is 0.796. The molecular weight excluding hydrogens is 212 g/mol. The molecule has 0 aliphatic carbocycles. The van der Waals surface area contributed by atoms with Gasteiger partial charge in [0.1, 0.15) is 0 Å². The van der Waals surface area contributed by atoms with E-state index >= 15 is 0 Å². The topological polar surface area (TPSA) is 46.3 Å². The van der Waals surface area contributed by atoms with E-state index in [4.69, 9.17) is 5.73 Å². The highest BCUT2D eigenvalue weighted by Crippen LogP contribution is 2.28. The van der Waals surface area contributed by atoms with Crippen molar-refractivity contribution in [3.05, 3.63) is 29.8 Å². The van der Waals surface area contributed by atoms with Crippen LogP contribution >= 0.6 is 0 Å². The summed E-state index contributed by atoms with van der Waals surface area (Å²) in [5.74, 6) is 0.710. The van der Waals surface area contributed by atoms with Crippen molar-refractivity contribution < 1.29 is 4.79 Å². The lowest BCUT2D eigenvalue weighted by molar-refractivity contribution is -0.132. The number of carbonyl (C=O) groups is 1. The Morgan fingerprint density at radius 2 is 2.35 bits per heavy atom. The number of nitrogens with zero attached hydrogens (tertiary/aromatic N) is 1. The van der Waals surface area contributed by atoms with Crippen LogP contribution in [0.5, 0.6) is 0 Å². The Morgan fingerprint density at radius 1 is 1.53 bits per heavy atom. The van der Waals surface area contributed by atoms with E-state index in [-0.39, 0.29) is 5.91 Å². The van der Waals surface area contributed by atoms with Gasteiger partial charge in [-0.2, -0.15) is 0 Å². The molecule has 2 rings (SSSR count). The van der Waals surface area contributed by atoms with Crippen LogP contribution in [0.1, 0.15) is 37.7 Å². The molecule has 2 N–H and O–H groups in total. The van der Waals surface area contributed by atoms with Crippen molar-refractivity contribution in [1.29, 1.82) is 0 Å². The summed E-state index contributed by atoms with van der Waals surface area (Å²) in [6, 6.07) is 8.04. The largest absolute Gasteiger partial charge is 0.399 e. The molecule has 0 spiro atoms. The molecule has 0 aromatic heterocycles. The zero-order valence-corrected chi connectivity index (χ0v) is 10.4. The number of amides is 1. The third kappa shape index (κ3) is 2.78. The fourth-order valence-electron chi connectivity index (χ4n) is 2.51. The van der Waals surface area contributed by atoms with E-state index in [0.29, 0.717) is 12.3 Å². The second-order valence-corrected chi connectivity index (χ2v) is 4.70. The summed E-state index contributed by atoms with van der Waals surface area (Å²) in [6.45, 7) is 3.67. The summed E-state index contributed by atoms with van der Waals surface area (Å²) in [5, 5.41) is 0. The molecule has 1 fully saturated rings. The summed E-state index contributed by atoms with van der Waals surface area (Å²) in [5.41, 5.74) is 7.87. The minimum atomic E-state index is 0.263. The van der Waals surface area contributed by atoms with Crippen molar-refractivity contribution in [1.82, 2.24) is 4.90 Å². The first-order valence-electron chi connectivity index (χ1n) is 6.34. The van der Waals surface area contributed by atoms with Crippen molar-refractivity contribution in [3.63, 3.8) is 0 Å². The molecule has 0 radical (unpaired) electrons. The smallest absolute Gasteiger partial charge is 0.222 e. The number of anilines is 1. The fourth-order valence-corrected chi connectivity index (χ4v) is 2.51. The molecule has 0 bridgehead atoms. The molecule has 1 aliphatic heterocycles. The maximum absolute atomic E-state index is 11.7. The average molecular weight is 232 g/mol. The van der Waals surface area contributed by atoms with E-state index in [1.54, 1.807) is 0 Å². The molecule has 0 saturated carbocycles. The van der Waals surface area contributed by atoms with Gasteiger partial charge in [-0.25, -0.2) is 0 Å². The summed E-state index contributed by atoms with van der Waals surface area (Å²) in [4.78, 5) is 13.7. The molecule has 1 heterocycles. The number of hydrogen-bond donors (Lipinski definition) is 1. The Kier molecular flexibility index (Phi) is 3.67. The first-order chi connectivity index (χ1) is 8.20. The lowest BCUT2D eigenvalue weighted by Gasteiger charge is -2.33. The number of nitrogen functional groups attached to an aromatic ring is 1. The van der Waals surface area contributed by atoms with E-state index in [1.165, 1.54) is 5.56 Å². The highest BCUT2D eigenvalue weighted by atomic mass is 16.2. The average Bonchev–Trinajstić information content (AvgIpc) is 2.38. The van der Waals surface area contributed by atoms with Crippen molar-refractivity contribution >= 4 is 11.6 Å². The summed E-state index contributed by atoms with van der Waals surface area (Å²) < 4.78 is 0.